The molecule has 0 aliphatic carbocycles. The van der Waals surface area contributed by atoms with Crippen LogP contribution in [-0.2, 0) is 0 Å². The van der Waals surface area contributed by atoms with Crippen LogP contribution in [0.3, 0.4) is 0 Å². The predicted molar refractivity (Wildman–Crippen MR) is 79.9 cm³/mol. The second-order valence-electron chi connectivity index (χ2n) is 4.96. The fourth-order valence-corrected chi connectivity index (χ4v) is 3.36. The number of benzene rings is 1. The van der Waals surface area contributed by atoms with Crippen LogP contribution in [0.25, 0.3) is 0 Å². The fraction of sp³-hybridized carbons (Fsp3) is 0.462. The second-order valence-corrected chi connectivity index (χ2v) is 6.33. The van der Waals surface area contributed by atoms with Crippen molar-refractivity contribution in [3.05, 3.63) is 30.3 Å². The maximum atomic E-state index is 12.1. The Balaban J connectivity index is 1.93. The van der Waals surface area contributed by atoms with E-state index >= 15 is 0 Å². The molecule has 0 aromatic heterocycles. The minimum absolute atomic E-state index is 0.0277. The highest BCUT2D eigenvalue weighted by Gasteiger charge is 2.47. The molecule has 0 bridgehead atoms. The summed E-state index contributed by atoms with van der Waals surface area (Å²) in [6.45, 7) is 2.85. The van der Waals surface area contributed by atoms with Crippen LogP contribution in [0.5, 0.6) is 0 Å². The minimum Gasteiger partial charge on any atom is -0.335 e. The first-order valence-electron chi connectivity index (χ1n) is 6.25. The number of para-hydroxylation sites is 1. The predicted octanol–water partition coefficient (Wildman–Crippen LogP) is 2.40. The Morgan fingerprint density at radius 3 is 2.50 bits per heavy atom. The molecule has 4 nitrogen and oxygen atoms in total. The number of carbonyl (C=O) groups is 1. The third-order valence-electron chi connectivity index (χ3n) is 3.90. The monoisotopic (exact) mass is 357 g/mol. The van der Waals surface area contributed by atoms with E-state index in [1.807, 2.05) is 35.2 Å². The number of nitrogens with one attached hydrogen (secondary N) is 1. The maximum Gasteiger partial charge on any atom is 0.322 e. The molecule has 2 saturated heterocycles. The highest BCUT2D eigenvalue weighted by molar-refractivity contribution is 14.1. The number of urea groups is 1. The first kappa shape index (κ1) is 12.2. The van der Waals surface area contributed by atoms with Gasteiger partial charge < -0.3 is 5.32 Å². The number of rotatable bonds is 1. The normalized spacial score (nSPS) is 23.4. The van der Waals surface area contributed by atoms with Gasteiger partial charge in [0, 0.05) is 48.2 Å². The smallest absolute Gasteiger partial charge is 0.322 e. The van der Waals surface area contributed by atoms with Gasteiger partial charge in [-0.25, -0.2) is 7.91 Å². The summed E-state index contributed by atoms with van der Waals surface area (Å²) in [5, 5.41) is 3.01. The third kappa shape index (κ3) is 1.99. The number of amides is 2. The van der Waals surface area contributed by atoms with Crippen molar-refractivity contribution in [2.24, 2.45) is 0 Å². The van der Waals surface area contributed by atoms with Crippen LogP contribution in [0.1, 0.15) is 12.8 Å². The number of halogens is 1. The molecule has 1 aromatic carbocycles. The standard InChI is InChI=1S/C13H16IN3O/c14-16-8-6-13(7-9-16)10-15-12(18)17(13)11-4-2-1-3-5-11/h1-5H,6-10H2,(H,15,18). The average Bonchev–Trinajstić information content (AvgIpc) is 2.72. The molecule has 0 radical (unpaired) electrons. The summed E-state index contributed by atoms with van der Waals surface area (Å²) in [6, 6.07) is 10.0. The lowest BCUT2D eigenvalue weighted by molar-refractivity contribution is 0.245. The van der Waals surface area contributed by atoms with Crippen LogP contribution in [0.15, 0.2) is 30.3 Å². The van der Waals surface area contributed by atoms with Crippen LogP contribution in [0.4, 0.5) is 10.5 Å². The summed E-state index contributed by atoms with van der Waals surface area (Å²) in [6.07, 6.45) is 2.06. The zero-order valence-corrected chi connectivity index (χ0v) is 12.3. The van der Waals surface area contributed by atoms with E-state index in [1.54, 1.807) is 0 Å². The van der Waals surface area contributed by atoms with E-state index in [4.69, 9.17) is 0 Å². The van der Waals surface area contributed by atoms with Crippen LogP contribution in [-0.4, -0.2) is 34.3 Å². The van der Waals surface area contributed by atoms with Gasteiger partial charge in [0.1, 0.15) is 0 Å². The molecule has 96 valence electrons. The molecular formula is C13H16IN3O. The molecule has 2 amide bonds. The Hall–Kier alpha value is -0.820. The topological polar surface area (TPSA) is 35.6 Å². The summed E-state index contributed by atoms with van der Waals surface area (Å²) in [7, 11) is 0. The number of nitrogens with zero attached hydrogens (tertiary/aromatic N) is 2. The molecule has 18 heavy (non-hydrogen) atoms. The lowest BCUT2D eigenvalue weighted by Gasteiger charge is -2.42. The van der Waals surface area contributed by atoms with Gasteiger partial charge in [-0.15, -0.1) is 0 Å². The number of hydrogen-bond donors (Lipinski definition) is 1. The lowest BCUT2D eigenvalue weighted by Crippen LogP contribution is -2.53. The van der Waals surface area contributed by atoms with Gasteiger partial charge in [0.15, 0.2) is 0 Å². The van der Waals surface area contributed by atoms with Crippen molar-refractivity contribution in [3.8, 4) is 0 Å². The maximum absolute atomic E-state index is 12.1. The van der Waals surface area contributed by atoms with Crippen LogP contribution < -0.4 is 10.2 Å². The Morgan fingerprint density at radius 2 is 1.83 bits per heavy atom. The molecule has 2 aliphatic heterocycles. The Bertz CT molecular complexity index is 443. The van der Waals surface area contributed by atoms with Gasteiger partial charge in [-0.2, -0.15) is 0 Å². The van der Waals surface area contributed by atoms with Gasteiger partial charge >= 0.3 is 6.03 Å². The van der Waals surface area contributed by atoms with Crippen molar-refractivity contribution in [2.45, 2.75) is 18.4 Å². The van der Waals surface area contributed by atoms with Gasteiger partial charge in [0.2, 0.25) is 0 Å². The molecular weight excluding hydrogens is 341 g/mol. The van der Waals surface area contributed by atoms with E-state index in [2.05, 4.69) is 31.3 Å². The van der Waals surface area contributed by atoms with Crippen LogP contribution in [0.2, 0.25) is 0 Å². The second kappa shape index (κ2) is 4.70. The SMILES string of the molecule is O=C1NCC2(CCN(I)CC2)N1c1ccccc1. The number of anilines is 1. The highest BCUT2D eigenvalue weighted by atomic mass is 127. The summed E-state index contributed by atoms with van der Waals surface area (Å²) >= 11 is 2.36. The van der Waals surface area contributed by atoms with Crippen LogP contribution >= 0.6 is 22.9 Å². The largest absolute Gasteiger partial charge is 0.335 e. The molecule has 0 atom stereocenters. The molecule has 1 aromatic rings. The Labute approximate surface area is 121 Å². The van der Waals surface area contributed by atoms with Crippen molar-refractivity contribution < 1.29 is 4.79 Å². The van der Waals surface area contributed by atoms with Gasteiger partial charge in [-0.3, -0.25) is 4.90 Å². The minimum atomic E-state index is -0.0277. The van der Waals surface area contributed by atoms with E-state index in [1.165, 1.54) is 0 Å². The van der Waals surface area contributed by atoms with Crippen LogP contribution in [0, 0.1) is 0 Å². The first-order chi connectivity index (χ1) is 8.71. The zero-order valence-electron chi connectivity index (χ0n) is 10.1. The molecule has 3 rings (SSSR count). The first-order valence-corrected chi connectivity index (χ1v) is 7.22. The summed E-state index contributed by atoms with van der Waals surface area (Å²) < 4.78 is 2.30. The molecule has 1 spiro atoms. The van der Waals surface area contributed by atoms with E-state index in [0.717, 1.165) is 38.2 Å². The third-order valence-corrected chi connectivity index (χ3v) is 4.86. The molecule has 0 saturated carbocycles. The summed E-state index contributed by atoms with van der Waals surface area (Å²) in [5.74, 6) is 0. The lowest BCUT2D eigenvalue weighted by atomic mass is 9.87. The number of hydrogen-bond acceptors (Lipinski definition) is 2. The summed E-state index contributed by atoms with van der Waals surface area (Å²) in [4.78, 5) is 14.1. The zero-order chi connectivity index (χ0) is 12.6. The molecule has 5 heteroatoms. The van der Waals surface area contributed by atoms with Crippen molar-refractivity contribution in [3.63, 3.8) is 0 Å². The molecule has 2 fully saturated rings. The number of piperidine rings is 1. The van der Waals surface area contributed by atoms with Crippen molar-refractivity contribution in [2.75, 3.05) is 24.5 Å². The van der Waals surface area contributed by atoms with Gasteiger partial charge in [-0.05, 0) is 25.0 Å². The Kier molecular flexibility index (Phi) is 3.19. The van der Waals surface area contributed by atoms with E-state index in [0.29, 0.717) is 0 Å². The van der Waals surface area contributed by atoms with E-state index in [-0.39, 0.29) is 11.6 Å². The van der Waals surface area contributed by atoms with Gasteiger partial charge in [0.25, 0.3) is 0 Å². The highest BCUT2D eigenvalue weighted by Crippen LogP contribution is 2.36. The summed E-state index contributed by atoms with van der Waals surface area (Å²) in [5.41, 5.74) is 0.981. The van der Waals surface area contributed by atoms with Crippen molar-refractivity contribution in [1.29, 1.82) is 0 Å². The molecule has 1 N–H and O–H groups in total. The van der Waals surface area contributed by atoms with Gasteiger partial charge in [-0.1, -0.05) is 18.2 Å². The van der Waals surface area contributed by atoms with Crippen molar-refractivity contribution in [1.82, 2.24) is 8.43 Å². The molecule has 2 aliphatic rings. The van der Waals surface area contributed by atoms with Crippen molar-refractivity contribution >= 4 is 34.6 Å². The average molecular weight is 357 g/mol. The molecule has 2 heterocycles. The molecule has 0 unspecified atom stereocenters. The van der Waals surface area contributed by atoms with Gasteiger partial charge in [0.05, 0.1) is 5.54 Å². The number of carbonyl (C=O) groups excluding carboxylic acids is 1. The quantitative estimate of drug-likeness (QED) is 0.619. The van der Waals surface area contributed by atoms with E-state index < -0.39 is 0 Å². The van der Waals surface area contributed by atoms with E-state index in [9.17, 15) is 4.79 Å². The Morgan fingerprint density at radius 1 is 1.17 bits per heavy atom. The fourth-order valence-electron chi connectivity index (χ4n) is 2.88.